The van der Waals surface area contributed by atoms with E-state index >= 15 is 0 Å². The number of carbonyl (C=O) groups is 1. The summed E-state index contributed by atoms with van der Waals surface area (Å²) >= 11 is 7.67. The van der Waals surface area contributed by atoms with Gasteiger partial charge in [-0.3, -0.25) is 4.79 Å². The fraction of sp³-hybridized carbons (Fsp3) is 0.286. The van der Waals surface area contributed by atoms with Gasteiger partial charge in [0.05, 0.1) is 10.8 Å². The SMILES string of the molecule is CCn1c(SCC(=O)Nc2c(C)cc(C)cc2C)nnc1-c1ccccc1Cl. The van der Waals surface area contributed by atoms with Gasteiger partial charge in [0.1, 0.15) is 0 Å². The molecule has 0 bridgehead atoms. The molecule has 0 aliphatic carbocycles. The number of nitrogens with zero attached hydrogens (tertiary/aromatic N) is 3. The van der Waals surface area contributed by atoms with Crippen molar-refractivity contribution in [1.29, 1.82) is 0 Å². The number of rotatable bonds is 6. The first-order chi connectivity index (χ1) is 13.4. The maximum Gasteiger partial charge on any atom is 0.234 e. The van der Waals surface area contributed by atoms with Gasteiger partial charge >= 0.3 is 0 Å². The summed E-state index contributed by atoms with van der Waals surface area (Å²) in [5.74, 6) is 0.902. The van der Waals surface area contributed by atoms with Gasteiger partial charge in [-0.2, -0.15) is 0 Å². The van der Waals surface area contributed by atoms with Crippen LogP contribution in [0.15, 0.2) is 41.6 Å². The number of hydrogen-bond donors (Lipinski definition) is 1. The van der Waals surface area contributed by atoms with Gasteiger partial charge in [0.15, 0.2) is 11.0 Å². The number of benzene rings is 2. The molecule has 0 aliphatic heterocycles. The Morgan fingerprint density at radius 2 is 1.82 bits per heavy atom. The Hall–Kier alpha value is -2.31. The third kappa shape index (κ3) is 4.39. The second-order valence-corrected chi connectivity index (χ2v) is 7.99. The highest BCUT2D eigenvalue weighted by Crippen LogP contribution is 2.29. The summed E-state index contributed by atoms with van der Waals surface area (Å²) in [6, 6.07) is 11.7. The Morgan fingerprint density at radius 1 is 1.14 bits per heavy atom. The third-order valence-electron chi connectivity index (χ3n) is 4.42. The third-order valence-corrected chi connectivity index (χ3v) is 5.72. The molecule has 3 rings (SSSR count). The van der Waals surface area contributed by atoms with Crippen molar-refractivity contribution < 1.29 is 4.79 Å². The van der Waals surface area contributed by atoms with E-state index in [-0.39, 0.29) is 11.7 Å². The van der Waals surface area contributed by atoms with E-state index in [0.717, 1.165) is 22.4 Å². The van der Waals surface area contributed by atoms with Gasteiger partial charge in [0, 0.05) is 17.8 Å². The molecule has 1 amide bonds. The van der Waals surface area contributed by atoms with E-state index in [4.69, 9.17) is 11.6 Å². The summed E-state index contributed by atoms with van der Waals surface area (Å²) < 4.78 is 1.97. The molecule has 0 radical (unpaired) electrons. The minimum Gasteiger partial charge on any atom is -0.325 e. The van der Waals surface area contributed by atoms with Gasteiger partial charge in [-0.1, -0.05) is 53.2 Å². The largest absolute Gasteiger partial charge is 0.325 e. The molecule has 0 saturated heterocycles. The zero-order chi connectivity index (χ0) is 20.3. The zero-order valence-corrected chi connectivity index (χ0v) is 18.0. The van der Waals surface area contributed by atoms with Crippen LogP contribution in [0.4, 0.5) is 5.69 Å². The van der Waals surface area contributed by atoms with Gasteiger partial charge in [0.2, 0.25) is 5.91 Å². The number of halogens is 1. The number of aromatic nitrogens is 3. The number of aryl methyl sites for hydroxylation is 3. The van der Waals surface area contributed by atoms with Crippen LogP contribution in [-0.2, 0) is 11.3 Å². The molecule has 28 heavy (non-hydrogen) atoms. The number of thioether (sulfide) groups is 1. The van der Waals surface area contributed by atoms with Crippen LogP contribution in [0.3, 0.4) is 0 Å². The molecule has 5 nitrogen and oxygen atoms in total. The Balaban J connectivity index is 1.73. The van der Waals surface area contributed by atoms with Gasteiger partial charge in [-0.05, 0) is 51.0 Å². The molecule has 146 valence electrons. The Bertz CT molecular complexity index is 992. The molecular weight excluding hydrogens is 392 g/mol. The summed E-state index contributed by atoms with van der Waals surface area (Å²) in [4.78, 5) is 12.5. The first-order valence-corrected chi connectivity index (χ1v) is 10.5. The lowest BCUT2D eigenvalue weighted by Crippen LogP contribution is -2.16. The molecule has 0 spiro atoms. The van der Waals surface area contributed by atoms with Crippen LogP contribution in [0.2, 0.25) is 5.02 Å². The second kappa shape index (κ2) is 8.80. The van der Waals surface area contributed by atoms with E-state index in [9.17, 15) is 4.79 Å². The second-order valence-electron chi connectivity index (χ2n) is 6.64. The Morgan fingerprint density at radius 3 is 2.46 bits per heavy atom. The van der Waals surface area contributed by atoms with Crippen molar-refractivity contribution in [2.75, 3.05) is 11.1 Å². The van der Waals surface area contributed by atoms with Crippen LogP contribution in [0.25, 0.3) is 11.4 Å². The lowest BCUT2D eigenvalue weighted by molar-refractivity contribution is -0.113. The standard InChI is InChI=1S/C21H23ClN4OS/c1-5-26-20(16-8-6-7-9-17(16)22)24-25-21(26)28-12-18(27)23-19-14(3)10-13(2)11-15(19)4/h6-11H,5,12H2,1-4H3,(H,23,27). The van der Waals surface area contributed by atoms with Gasteiger partial charge in [-0.15, -0.1) is 10.2 Å². The summed E-state index contributed by atoms with van der Waals surface area (Å²) in [6.07, 6.45) is 0. The molecule has 1 aromatic heterocycles. The lowest BCUT2D eigenvalue weighted by Gasteiger charge is -2.13. The molecule has 0 unspecified atom stereocenters. The number of nitrogens with one attached hydrogen (secondary N) is 1. The van der Waals surface area contributed by atoms with E-state index in [2.05, 4.69) is 34.6 Å². The summed E-state index contributed by atoms with van der Waals surface area (Å²) in [5.41, 5.74) is 5.03. The monoisotopic (exact) mass is 414 g/mol. The molecule has 1 heterocycles. The van der Waals surface area contributed by atoms with Crippen molar-refractivity contribution in [2.24, 2.45) is 0 Å². The van der Waals surface area contributed by atoms with Crippen molar-refractivity contribution in [1.82, 2.24) is 14.8 Å². The fourth-order valence-corrected chi connectivity index (χ4v) is 4.23. The van der Waals surface area contributed by atoms with Crippen LogP contribution in [0, 0.1) is 20.8 Å². The van der Waals surface area contributed by atoms with Crippen molar-refractivity contribution in [3.8, 4) is 11.4 Å². The molecule has 1 N–H and O–H groups in total. The topological polar surface area (TPSA) is 59.8 Å². The highest BCUT2D eigenvalue weighted by molar-refractivity contribution is 7.99. The molecule has 0 aliphatic rings. The van der Waals surface area contributed by atoms with Crippen molar-refractivity contribution in [2.45, 2.75) is 39.4 Å². The van der Waals surface area contributed by atoms with Gasteiger partial charge < -0.3 is 9.88 Å². The zero-order valence-electron chi connectivity index (χ0n) is 16.4. The average molecular weight is 415 g/mol. The van der Waals surface area contributed by atoms with Gasteiger partial charge in [-0.25, -0.2) is 0 Å². The van der Waals surface area contributed by atoms with E-state index in [1.807, 2.05) is 49.6 Å². The molecule has 0 atom stereocenters. The van der Waals surface area contributed by atoms with Crippen molar-refractivity contribution in [3.63, 3.8) is 0 Å². The minimum absolute atomic E-state index is 0.0648. The molecule has 7 heteroatoms. The van der Waals surface area contributed by atoms with Crippen LogP contribution < -0.4 is 5.32 Å². The van der Waals surface area contributed by atoms with Crippen molar-refractivity contribution in [3.05, 3.63) is 58.1 Å². The summed E-state index contributed by atoms with van der Waals surface area (Å²) in [6.45, 7) is 8.77. The van der Waals surface area contributed by atoms with Crippen molar-refractivity contribution >= 4 is 35.0 Å². The quantitative estimate of drug-likeness (QED) is 0.558. The molecule has 0 fully saturated rings. The summed E-state index contributed by atoms with van der Waals surface area (Å²) in [7, 11) is 0. The van der Waals surface area contributed by atoms with Crippen LogP contribution in [0.5, 0.6) is 0 Å². The number of hydrogen-bond acceptors (Lipinski definition) is 4. The van der Waals surface area contributed by atoms with E-state index < -0.39 is 0 Å². The Kier molecular flexibility index (Phi) is 6.42. The molecule has 2 aromatic carbocycles. The highest BCUT2D eigenvalue weighted by Gasteiger charge is 2.17. The minimum atomic E-state index is -0.0648. The van der Waals surface area contributed by atoms with Crippen LogP contribution in [-0.4, -0.2) is 26.4 Å². The smallest absolute Gasteiger partial charge is 0.234 e. The number of amides is 1. The van der Waals surface area contributed by atoms with Crippen LogP contribution in [0.1, 0.15) is 23.6 Å². The maximum absolute atomic E-state index is 12.5. The normalized spacial score (nSPS) is 10.9. The first kappa shape index (κ1) is 20.4. The lowest BCUT2D eigenvalue weighted by atomic mass is 10.1. The molecular formula is C21H23ClN4OS. The maximum atomic E-state index is 12.5. The van der Waals surface area contributed by atoms with Crippen LogP contribution >= 0.6 is 23.4 Å². The molecule has 0 saturated carbocycles. The predicted octanol–water partition coefficient (Wildman–Crippen LogP) is 5.27. The highest BCUT2D eigenvalue weighted by atomic mass is 35.5. The number of carbonyl (C=O) groups excluding carboxylic acids is 1. The summed E-state index contributed by atoms with van der Waals surface area (Å²) in [5, 5.41) is 12.9. The van der Waals surface area contributed by atoms with Gasteiger partial charge in [0.25, 0.3) is 0 Å². The fourth-order valence-electron chi connectivity index (χ4n) is 3.21. The van der Waals surface area contributed by atoms with E-state index in [1.54, 1.807) is 0 Å². The van der Waals surface area contributed by atoms with E-state index in [0.29, 0.717) is 22.5 Å². The predicted molar refractivity (Wildman–Crippen MR) is 116 cm³/mol. The van der Waals surface area contributed by atoms with E-state index in [1.165, 1.54) is 17.3 Å². The average Bonchev–Trinajstić information content (AvgIpc) is 3.06. The first-order valence-electron chi connectivity index (χ1n) is 9.09. The molecule has 3 aromatic rings. The Labute approximate surface area is 174 Å². The number of anilines is 1.